The van der Waals surface area contributed by atoms with Gasteiger partial charge in [0.2, 0.25) is 5.91 Å². The molecule has 40 heavy (non-hydrogen) atoms. The van der Waals surface area contributed by atoms with Crippen molar-refractivity contribution in [1.29, 1.82) is 5.26 Å². The highest BCUT2D eigenvalue weighted by Gasteiger charge is 2.55. The first-order valence-electron chi connectivity index (χ1n) is 12.8. The van der Waals surface area contributed by atoms with Gasteiger partial charge >= 0.3 is 0 Å². The van der Waals surface area contributed by atoms with Crippen LogP contribution in [0.5, 0.6) is 0 Å². The molecule has 2 aliphatic rings. The van der Waals surface area contributed by atoms with E-state index in [1.807, 2.05) is 13.8 Å². The van der Waals surface area contributed by atoms with E-state index in [2.05, 4.69) is 11.2 Å². The van der Waals surface area contributed by atoms with Gasteiger partial charge in [-0.1, -0.05) is 54.8 Å². The Labute approximate surface area is 237 Å². The van der Waals surface area contributed by atoms with Crippen LogP contribution in [0.2, 0.25) is 5.02 Å². The molecule has 2 aliphatic heterocycles. The van der Waals surface area contributed by atoms with Crippen molar-refractivity contribution in [3.63, 3.8) is 0 Å². The number of hydrogen-bond acceptors (Lipinski definition) is 5. The quantitative estimate of drug-likeness (QED) is 0.355. The number of halogens is 2. The van der Waals surface area contributed by atoms with Gasteiger partial charge in [-0.05, 0) is 66.9 Å². The molecule has 1 spiro atoms. The van der Waals surface area contributed by atoms with Crippen LogP contribution in [0, 0.1) is 24.1 Å². The Morgan fingerprint density at radius 1 is 1.10 bits per heavy atom. The largest absolute Gasteiger partial charge is 0.311 e. The topological polar surface area (TPSA) is 93.8 Å². The van der Waals surface area contributed by atoms with E-state index >= 15 is 0 Å². The summed E-state index contributed by atoms with van der Waals surface area (Å²) in [6.07, 6.45) is 2.43. The molecule has 0 N–H and O–H groups in total. The molecule has 0 saturated carbocycles. The predicted octanol–water partition coefficient (Wildman–Crippen LogP) is 6.08. The van der Waals surface area contributed by atoms with Gasteiger partial charge in [-0.2, -0.15) is 23.2 Å². The second kappa shape index (κ2) is 10.5. The Balaban J connectivity index is 1.78. The molecule has 10 heteroatoms. The first-order chi connectivity index (χ1) is 19.1. The molecular weight excluding hydrogens is 551 g/mol. The van der Waals surface area contributed by atoms with Gasteiger partial charge in [-0.3, -0.25) is 4.79 Å². The fourth-order valence-corrected chi connectivity index (χ4v) is 6.40. The minimum atomic E-state index is -4.28. The van der Waals surface area contributed by atoms with Gasteiger partial charge in [-0.25, -0.2) is 4.39 Å². The van der Waals surface area contributed by atoms with Crippen LogP contribution in [-0.4, -0.2) is 31.0 Å². The van der Waals surface area contributed by atoms with E-state index in [4.69, 9.17) is 11.6 Å². The van der Waals surface area contributed by atoms with Gasteiger partial charge in [0.25, 0.3) is 10.0 Å². The van der Waals surface area contributed by atoms with Crippen LogP contribution in [0.1, 0.15) is 42.9 Å². The number of unbranched alkanes of at least 4 members (excludes halogenated alkanes) is 1. The molecule has 2 heterocycles. The standard InChI is InChI=1S/C30H26ClFN4O3S/c1-3-4-15-35-28-14-11-24(32)16-26(28)30(29(35)37)17-27(21-7-9-23(31)10-8-21)34-36(19-22(30)18-33)40(38,39)25-12-5-20(2)6-13-25/h5-14,16,19H,3-4,15,17H2,1-2H3. The molecule has 7 nitrogen and oxygen atoms in total. The molecular formula is C30H26ClFN4O3S. The van der Waals surface area contributed by atoms with Gasteiger partial charge in [-0.15, -0.1) is 0 Å². The number of amides is 1. The molecule has 0 radical (unpaired) electrons. The number of aryl methyl sites for hydroxylation is 1. The summed E-state index contributed by atoms with van der Waals surface area (Å²) in [4.78, 5) is 15.9. The van der Waals surface area contributed by atoms with Gasteiger partial charge in [0.1, 0.15) is 11.2 Å². The molecule has 0 fully saturated rings. The van der Waals surface area contributed by atoms with Crippen LogP contribution >= 0.6 is 11.6 Å². The van der Waals surface area contributed by atoms with E-state index in [0.717, 1.165) is 22.6 Å². The molecule has 0 aromatic heterocycles. The highest BCUT2D eigenvalue weighted by Crippen LogP contribution is 2.50. The summed E-state index contributed by atoms with van der Waals surface area (Å²) in [5, 5.41) is 15.4. The first-order valence-corrected chi connectivity index (χ1v) is 14.6. The Kier molecular flexibility index (Phi) is 7.25. The van der Waals surface area contributed by atoms with Crippen molar-refractivity contribution < 1.29 is 17.6 Å². The van der Waals surface area contributed by atoms with E-state index in [0.29, 0.717) is 34.8 Å². The molecule has 0 aliphatic carbocycles. The summed E-state index contributed by atoms with van der Waals surface area (Å²) in [5.74, 6) is -0.996. The molecule has 0 saturated heterocycles. The van der Waals surface area contributed by atoms with E-state index in [1.54, 1.807) is 41.3 Å². The number of nitrogens with zero attached hydrogens (tertiary/aromatic N) is 4. The first kappa shape index (κ1) is 27.6. The third-order valence-electron chi connectivity index (χ3n) is 7.27. The second-order valence-electron chi connectivity index (χ2n) is 9.85. The Bertz CT molecular complexity index is 1700. The molecule has 3 aromatic carbocycles. The number of hydrogen-bond donors (Lipinski definition) is 0. The lowest BCUT2D eigenvalue weighted by Crippen LogP contribution is -2.43. The molecule has 3 aromatic rings. The SMILES string of the molecule is CCCCN1C(=O)C2(CC(c3ccc(Cl)cc3)=NN(S(=O)(=O)c3ccc(C)cc3)C=C2C#N)c2cc(F)ccc21. The number of carbonyl (C=O) groups is 1. The van der Waals surface area contributed by atoms with Crippen molar-refractivity contribution in [2.45, 2.75) is 43.4 Å². The molecule has 1 amide bonds. The van der Waals surface area contributed by atoms with E-state index in [1.165, 1.54) is 30.3 Å². The lowest BCUT2D eigenvalue weighted by Gasteiger charge is -2.27. The number of rotatable bonds is 6. The zero-order valence-corrected chi connectivity index (χ0v) is 23.5. The van der Waals surface area contributed by atoms with E-state index in [9.17, 15) is 22.9 Å². The summed E-state index contributed by atoms with van der Waals surface area (Å²) in [5.41, 5.74) is 0.578. The second-order valence-corrected chi connectivity index (χ2v) is 12.1. The lowest BCUT2D eigenvalue weighted by atomic mass is 9.71. The summed E-state index contributed by atoms with van der Waals surface area (Å²) in [6.45, 7) is 4.20. The molecule has 5 rings (SSSR count). The Morgan fingerprint density at radius 3 is 2.45 bits per heavy atom. The maximum Gasteiger partial charge on any atom is 0.282 e. The van der Waals surface area contributed by atoms with Crippen molar-refractivity contribution in [2.75, 3.05) is 11.4 Å². The van der Waals surface area contributed by atoms with Crippen LogP contribution < -0.4 is 4.90 Å². The average molecular weight is 577 g/mol. The van der Waals surface area contributed by atoms with E-state index in [-0.39, 0.29) is 22.6 Å². The van der Waals surface area contributed by atoms with Crippen molar-refractivity contribution >= 4 is 38.9 Å². The van der Waals surface area contributed by atoms with Crippen LogP contribution in [0.3, 0.4) is 0 Å². The number of benzene rings is 3. The fourth-order valence-electron chi connectivity index (χ4n) is 5.13. The average Bonchev–Trinajstić information content (AvgIpc) is 3.05. The maximum absolute atomic E-state index is 14.7. The minimum Gasteiger partial charge on any atom is -0.311 e. The molecule has 0 bridgehead atoms. The Morgan fingerprint density at radius 2 is 1.80 bits per heavy atom. The van der Waals surface area contributed by atoms with Crippen molar-refractivity contribution in [3.8, 4) is 6.07 Å². The molecule has 1 unspecified atom stereocenters. The maximum atomic E-state index is 14.7. The summed E-state index contributed by atoms with van der Waals surface area (Å²) < 4.78 is 43.1. The third kappa shape index (κ3) is 4.57. The zero-order valence-electron chi connectivity index (χ0n) is 21.9. The fraction of sp³-hybridized carbons (Fsp3) is 0.233. The van der Waals surface area contributed by atoms with Gasteiger partial charge in [0, 0.05) is 23.7 Å². The van der Waals surface area contributed by atoms with Crippen LogP contribution in [0.15, 0.2) is 88.5 Å². The monoisotopic (exact) mass is 576 g/mol. The summed E-state index contributed by atoms with van der Waals surface area (Å²) in [7, 11) is -4.28. The third-order valence-corrected chi connectivity index (χ3v) is 9.07. The summed E-state index contributed by atoms with van der Waals surface area (Å²) in [6, 6.07) is 19.0. The number of anilines is 1. The number of hydrazone groups is 1. The smallest absolute Gasteiger partial charge is 0.282 e. The van der Waals surface area contributed by atoms with Gasteiger partial charge in [0.05, 0.1) is 28.4 Å². The Hall–Kier alpha value is -4.00. The van der Waals surface area contributed by atoms with Crippen LogP contribution in [-0.2, 0) is 20.2 Å². The van der Waals surface area contributed by atoms with Crippen LogP contribution in [0.25, 0.3) is 0 Å². The van der Waals surface area contributed by atoms with Crippen molar-refractivity contribution in [2.24, 2.45) is 5.10 Å². The van der Waals surface area contributed by atoms with Crippen molar-refractivity contribution in [3.05, 3.63) is 106 Å². The molecule has 1 atom stereocenters. The highest BCUT2D eigenvalue weighted by atomic mass is 35.5. The minimum absolute atomic E-state index is 0.0319. The highest BCUT2D eigenvalue weighted by molar-refractivity contribution is 7.89. The predicted molar refractivity (Wildman–Crippen MR) is 152 cm³/mol. The lowest BCUT2D eigenvalue weighted by molar-refractivity contribution is -0.121. The van der Waals surface area contributed by atoms with Crippen LogP contribution in [0.4, 0.5) is 10.1 Å². The summed E-state index contributed by atoms with van der Waals surface area (Å²) >= 11 is 6.12. The number of fused-ring (bicyclic) bond motifs is 2. The van der Waals surface area contributed by atoms with Crippen molar-refractivity contribution in [1.82, 2.24) is 4.41 Å². The zero-order chi connectivity index (χ0) is 28.7. The van der Waals surface area contributed by atoms with E-state index < -0.39 is 27.2 Å². The van der Waals surface area contributed by atoms with Gasteiger partial charge < -0.3 is 4.90 Å². The number of carbonyl (C=O) groups excluding carboxylic acids is 1. The number of sulfonamides is 1. The van der Waals surface area contributed by atoms with Gasteiger partial charge in [0.15, 0.2) is 0 Å². The normalized spacial score (nSPS) is 18.7. The molecule has 204 valence electrons. The number of nitriles is 1.